The molecule has 2 unspecified atom stereocenters. The minimum absolute atomic E-state index is 0.250. The van der Waals surface area contributed by atoms with Crippen molar-refractivity contribution in [1.29, 1.82) is 0 Å². The molecule has 0 aliphatic carbocycles. The van der Waals surface area contributed by atoms with Gasteiger partial charge in [0.25, 0.3) is 0 Å². The fraction of sp³-hybridized carbons (Fsp3) is 0.571. The summed E-state index contributed by atoms with van der Waals surface area (Å²) in [6.45, 7) is 5.19. The van der Waals surface area contributed by atoms with Gasteiger partial charge in [0.05, 0.1) is 0 Å². The molecule has 1 heterocycles. The molecule has 1 aromatic carbocycles. The predicted octanol–water partition coefficient (Wildman–Crippen LogP) is 1.44. The maximum atomic E-state index is 9.06. The molecule has 0 spiro atoms. The van der Waals surface area contributed by atoms with Gasteiger partial charge in [-0.15, -0.1) is 0 Å². The molecule has 1 aliphatic rings. The summed E-state index contributed by atoms with van der Waals surface area (Å²) in [6.07, 6.45) is 1.11. The van der Waals surface area contributed by atoms with Crippen molar-refractivity contribution in [3.8, 4) is 0 Å². The van der Waals surface area contributed by atoms with E-state index in [1.165, 1.54) is 11.1 Å². The Kier molecular flexibility index (Phi) is 4.54. The first-order chi connectivity index (χ1) is 8.31. The highest BCUT2D eigenvalue weighted by Crippen LogP contribution is 2.23. The average molecular weight is 234 g/mol. The van der Waals surface area contributed by atoms with E-state index in [0.717, 1.165) is 26.1 Å². The van der Waals surface area contributed by atoms with Crippen molar-refractivity contribution < 1.29 is 5.11 Å². The van der Waals surface area contributed by atoms with Gasteiger partial charge in [-0.1, -0.05) is 31.2 Å². The third-order valence-electron chi connectivity index (χ3n) is 3.38. The highest BCUT2D eigenvalue weighted by Gasteiger charge is 2.17. The van der Waals surface area contributed by atoms with Gasteiger partial charge in [0.15, 0.2) is 0 Å². The summed E-state index contributed by atoms with van der Waals surface area (Å²) < 4.78 is 0. The van der Waals surface area contributed by atoms with E-state index in [4.69, 9.17) is 5.11 Å². The van der Waals surface area contributed by atoms with E-state index in [2.05, 4.69) is 41.8 Å². The van der Waals surface area contributed by atoms with Gasteiger partial charge in [-0.25, -0.2) is 0 Å². The molecule has 3 heteroatoms. The fourth-order valence-electron chi connectivity index (χ4n) is 2.28. The Bertz CT molecular complexity index is 354. The minimum Gasteiger partial charge on any atom is -0.396 e. The zero-order valence-corrected chi connectivity index (χ0v) is 10.4. The lowest BCUT2D eigenvalue weighted by Gasteiger charge is -2.20. The van der Waals surface area contributed by atoms with Crippen LogP contribution in [0.25, 0.3) is 0 Å². The molecule has 2 atom stereocenters. The molecule has 2 rings (SSSR count). The van der Waals surface area contributed by atoms with Crippen LogP contribution in [-0.4, -0.2) is 24.8 Å². The average Bonchev–Trinajstić information content (AvgIpc) is 2.58. The SMILES string of the molecule is CC(CO)CNC1CCNCc2ccccc21. The molecule has 1 aromatic rings. The zero-order valence-electron chi connectivity index (χ0n) is 10.4. The van der Waals surface area contributed by atoms with Crippen molar-refractivity contribution in [2.24, 2.45) is 5.92 Å². The van der Waals surface area contributed by atoms with Gasteiger partial charge in [-0.05, 0) is 30.0 Å². The van der Waals surface area contributed by atoms with E-state index >= 15 is 0 Å². The van der Waals surface area contributed by atoms with Crippen molar-refractivity contribution in [1.82, 2.24) is 10.6 Å². The van der Waals surface area contributed by atoms with Crippen LogP contribution in [0.1, 0.15) is 30.5 Å². The van der Waals surface area contributed by atoms with Crippen molar-refractivity contribution in [2.45, 2.75) is 25.9 Å². The molecule has 0 radical (unpaired) electrons. The molecule has 3 nitrogen and oxygen atoms in total. The Labute approximate surface area is 103 Å². The molecule has 0 saturated carbocycles. The molecule has 0 amide bonds. The zero-order chi connectivity index (χ0) is 12.1. The Balaban J connectivity index is 2.06. The van der Waals surface area contributed by atoms with E-state index in [0.29, 0.717) is 12.0 Å². The number of hydrogen-bond acceptors (Lipinski definition) is 3. The predicted molar refractivity (Wildman–Crippen MR) is 69.8 cm³/mol. The van der Waals surface area contributed by atoms with Crippen LogP contribution in [0.15, 0.2) is 24.3 Å². The standard InChI is InChI=1S/C14H22N2O/c1-11(10-17)8-16-14-6-7-15-9-12-4-2-3-5-13(12)14/h2-5,11,14-17H,6-10H2,1H3. The second kappa shape index (κ2) is 6.15. The molecule has 0 bridgehead atoms. The second-order valence-electron chi connectivity index (χ2n) is 4.91. The Morgan fingerprint density at radius 3 is 3.12 bits per heavy atom. The van der Waals surface area contributed by atoms with Crippen molar-refractivity contribution in [3.05, 3.63) is 35.4 Å². The summed E-state index contributed by atoms with van der Waals surface area (Å²) >= 11 is 0. The number of benzene rings is 1. The van der Waals surface area contributed by atoms with Gasteiger partial charge < -0.3 is 15.7 Å². The molecule has 3 N–H and O–H groups in total. The Morgan fingerprint density at radius 1 is 1.47 bits per heavy atom. The third-order valence-corrected chi connectivity index (χ3v) is 3.38. The summed E-state index contributed by atoms with van der Waals surface area (Å²) in [5, 5.41) is 16.1. The lowest BCUT2D eigenvalue weighted by Crippen LogP contribution is -2.28. The Hall–Kier alpha value is -0.900. The van der Waals surface area contributed by atoms with Crippen molar-refractivity contribution in [2.75, 3.05) is 19.7 Å². The molecular formula is C14H22N2O. The van der Waals surface area contributed by atoms with E-state index in [-0.39, 0.29) is 6.61 Å². The Morgan fingerprint density at radius 2 is 2.29 bits per heavy atom. The van der Waals surface area contributed by atoms with Crippen LogP contribution in [0.2, 0.25) is 0 Å². The summed E-state index contributed by atoms with van der Waals surface area (Å²) in [5.41, 5.74) is 2.79. The van der Waals surface area contributed by atoms with Crippen molar-refractivity contribution in [3.63, 3.8) is 0 Å². The van der Waals surface area contributed by atoms with Crippen LogP contribution < -0.4 is 10.6 Å². The molecular weight excluding hydrogens is 212 g/mol. The lowest BCUT2D eigenvalue weighted by molar-refractivity contribution is 0.229. The van der Waals surface area contributed by atoms with Gasteiger partial charge in [0.1, 0.15) is 0 Å². The maximum Gasteiger partial charge on any atom is 0.0468 e. The summed E-state index contributed by atoms with van der Waals surface area (Å²) in [4.78, 5) is 0. The number of aliphatic hydroxyl groups excluding tert-OH is 1. The number of rotatable bonds is 4. The maximum absolute atomic E-state index is 9.06. The van der Waals surface area contributed by atoms with Gasteiger partial charge in [-0.2, -0.15) is 0 Å². The van der Waals surface area contributed by atoms with Crippen LogP contribution >= 0.6 is 0 Å². The van der Waals surface area contributed by atoms with Crippen LogP contribution in [0.4, 0.5) is 0 Å². The summed E-state index contributed by atoms with van der Waals surface area (Å²) in [5.74, 6) is 0.318. The monoisotopic (exact) mass is 234 g/mol. The normalized spacial score (nSPS) is 21.6. The summed E-state index contributed by atoms with van der Waals surface area (Å²) in [6, 6.07) is 9.02. The minimum atomic E-state index is 0.250. The van der Waals surface area contributed by atoms with Crippen LogP contribution in [0.3, 0.4) is 0 Å². The second-order valence-corrected chi connectivity index (χ2v) is 4.91. The van der Waals surface area contributed by atoms with Crippen LogP contribution in [-0.2, 0) is 6.54 Å². The molecule has 94 valence electrons. The number of aliphatic hydroxyl groups is 1. The molecule has 0 fully saturated rings. The molecule has 17 heavy (non-hydrogen) atoms. The molecule has 0 saturated heterocycles. The molecule has 1 aliphatic heterocycles. The van der Waals surface area contributed by atoms with Gasteiger partial charge in [-0.3, -0.25) is 0 Å². The topological polar surface area (TPSA) is 44.3 Å². The van der Waals surface area contributed by atoms with Crippen LogP contribution in [0.5, 0.6) is 0 Å². The first-order valence-corrected chi connectivity index (χ1v) is 6.44. The fourth-order valence-corrected chi connectivity index (χ4v) is 2.28. The lowest BCUT2D eigenvalue weighted by atomic mass is 9.99. The first kappa shape index (κ1) is 12.6. The highest BCUT2D eigenvalue weighted by atomic mass is 16.3. The van der Waals surface area contributed by atoms with E-state index in [1.54, 1.807) is 0 Å². The molecule has 0 aromatic heterocycles. The van der Waals surface area contributed by atoms with Crippen LogP contribution in [0, 0.1) is 5.92 Å². The number of fused-ring (bicyclic) bond motifs is 1. The van der Waals surface area contributed by atoms with Crippen molar-refractivity contribution >= 4 is 0 Å². The van der Waals surface area contributed by atoms with E-state index in [9.17, 15) is 0 Å². The van der Waals surface area contributed by atoms with Gasteiger partial charge >= 0.3 is 0 Å². The first-order valence-electron chi connectivity index (χ1n) is 6.44. The van der Waals surface area contributed by atoms with Gasteiger partial charge in [0, 0.05) is 25.7 Å². The van der Waals surface area contributed by atoms with Gasteiger partial charge in [0.2, 0.25) is 0 Å². The third kappa shape index (κ3) is 3.28. The quantitative estimate of drug-likeness (QED) is 0.738. The largest absolute Gasteiger partial charge is 0.396 e. The van der Waals surface area contributed by atoms with E-state index < -0.39 is 0 Å². The number of nitrogens with one attached hydrogen (secondary N) is 2. The smallest absolute Gasteiger partial charge is 0.0468 e. The number of hydrogen-bond donors (Lipinski definition) is 3. The highest BCUT2D eigenvalue weighted by molar-refractivity contribution is 5.30. The summed E-state index contributed by atoms with van der Waals surface area (Å²) in [7, 11) is 0. The van der Waals surface area contributed by atoms with E-state index in [1.807, 2.05) is 0 Å².